The van der Waals surface area contributed by atoms with Crippen LogP contribution in [0.5, 0.6) is 0 Å². The van der Waals surface area contributed by atoms with Crippen LogP contribution in [-0.2, 0) is 18.4 Å². The van der Waals surface area contributed by atoms with Crippen molar-refractivity contribution in [2.45, 2.75) is 52.0 Å². The van der Waals surface area contributed by atoms with Crippen molar-refractivity contribution in [1.82, 2.24) is 5.32 Å². The van der Waals surface area contributed by atoms with Crippen LogP contribution in [0.4, 0.5) is 0 Å². The van der Waals surface area contributed by atoms with Crippen molar-refractivity contribution < 1.29 is 18.4 Å². The molecule has 94 valence electrons. The maximum absolute atomic E-state index is 12.5. The van der Waals surface area contributed by atoms with Crippen LogP contribution in [0.15, 0.2) is 0 Å². The van der Waals surface area contributed by atoms with Crippen LogP contribution in [0.1, 0.15) is 34.1 Å². The summed E-state index contributed by atoms with van der Waals surface area (Å²) in [6.07, 6.45) is 0.0613. The van der Waals surface area contributed by atoms with Crippen molar-refractivity contribution in [1.29, 1.82) is 0 Å². The van der Waals surface area contributed by atoms with E-state index < -0.39 is 13.3 Å². The standard InChI is InChI=1S/C10H20NO4P/c1-7(2)14-16(13,15-8(3)4)9-5-6-11-10(9)12/h7-9H,5-6H2,1-4H3,(H,11,12). The van der Waals surface area contributed by atoms with Gasteiger partial charge in [0.2, 0.25) is 5.91 Å². The van der Waals surface area contributed by atoms with Crippen LogP contribution in [0.2, 0.25) is 0 Å². The molecule has 1 aliphatic rings. The van der Waals surface area contributed by atoms with E-state index in [1.807, 2.05) is 0 Å². The first-order valence-electron chi connectivity index (χ1n) is 5.59. The van der Waals surface area contributed by atoms with Gasteiger partial charge in [0.1, 0.15) is 5.66 Å². The van der Waals surface area contributed by atoms with Gasteiger partial charge in [-0.2, -0.15) is 0 Å². The summed E-state index contributed by atoms with van der Waals surface area (Å²) in [5.41, 5.74) is -0.655. The molecule has 0 saturated carbocycles. The zero-order valence-corrected chi connectivity index (χ0v) is 11.1. The summed E-state index contributed by atoms with van der Waals surface area (Å²) < 4.78 is 23.3. The van der Waals surface area contributed by atoms with Gasteiger partial charge < -0.3 is 14.4 Å². The summed E-state index contributed by atoms with van der Waals surface area (Å²) in [5.74, 6) is -0.232. The topological polar surface area (TPSA) is 64.6 Å². The third-order valence-corrected chi connectivity index (χ3v) is 4.80. The Balaban J connectivity index is 2.85. The molecule has 1 rings (SSSR count). The van der Waals surface area contributed by atoms with Crippen LogP contribution >= 0.6 is 7.60 Å². The van der Waals surface area contributed by atoms with E-state index in [0.29, 0.717) is 13.0 Å². The summed E-state index contributed by atoms with van der Waals surface area (Å²) in [4.78, 5) is 11.5. The maximum atomic E-state index is 12.5. The average Bonchev–Trinajstić information content (AvgIpc) is 2.48. The predicted octanol–water partition coefficient (Wildman–Crippen LogP) is 1.92. The SMILES string of the molecule is CC(C)OP(=O)(OC(C)C)C1CCNC1=O. The Hall–Kier alpha value is -0.380. The molecule has 1 aliphatic heterocycles. The lowest BCUT2D eigenvalue weighted by Crippen LogP contribution is -2.26. The fourth-order valence-electron chi connectivity index (χ4n) is 1.64. The molecular weight excluding hydrogens is 229 g/mol. The van der Waals surface area contributed by atoms with E-state index in [1.165, 1.54) is 0 Å². The lowest BCUT2D eigenvalue weighted by molar-refractivity contribution is -0.119. The van der Waals surface area contributed by atoms with E-state index in [-0.39, 0.29) is 18.1 Å². The van der Waals surface area contributed by atoms with Crippen LogP contribution in [0, 0.1) is 0 Å². The van der Waals surface area contributed by atoms with E-state index in [0.717, 1.165) is 0 Å². The second-order valence-corrected chi connectivity index (χ2v) is 6.57. The molecule has 0 bridgehead atoms. The predicted molar refractivity (Wildman–Crippen MR) is 61.5 cm³/mol. The minimum atomic E-state index is -3.35. The Morgan fingerprint density at radius 3 is 2.06 bits per heavy atom. The summed E-state index contributed by atoms with van der Waals surface area (Å²) in [5, 5.41) is 2.65. The Morgan fingerprint density at radius 2 is 1.75 bits per heavy atom. The van der Waals surface area contributed by atoms with E-state index in [4.69, 9.17) is 9.05 Å². The van der Waals surface area contributed by atoms with Gasteiger partial charge in [-0.1, -0.05) is 0 Å². The quantitative estimate of drug-likeness (QED) is 0.756. The lowest BCUT2D eigenvalue weighted by Gasteiger charge is -2.25. The van der Waals surface area contributed by atoms with Gasteiger partial charge in [-0.05, 0) is 34.1 Å². The first-order chi connectivity index (χ1) is 7.35. The van der Waals surface area contributed by atoms with Crippen molar-refractivity contribution >= 4 is 13.5 Å². The minimum Gasteiger partial charge on any atom is -0.355 e. The molecule has 1 amide bonds. The first-order valence-corrected chi connectivity index (χ1v) is 7.20. The van der Waals surface area contributed by atoms with Crippen molar-refractivity contribution in [3.8, 4) is 0 Å². The fraction of sp³-hybridized carbons (Fsp3) is 0.900. The number of carbonyl (C=O) groups excluding carboxylic acids is 1. The molecule has 0 aliphatic carbocycles. The Morgan fingerprint density at radius 1 is 1.25 bits per heavy atom. The average molecular weight is 249 g/mol. The largest absolute Gasteiger partial charge is 0.355 e. The highest BCUT2D eigenvalue weighted by atomic mass is 31.2. The highest BCUT2D eigenvalue weighted by molar-refractivity contribution is 7.55. The van der Waals surface area contributed by atoms with Crippen molar-refractivity contribution in [3.63, 3.8) is 0 Å². The molecule has 0 aromatic heterocycles. The zero-order valence-electron chi connectivity index (χ0n) is 10.2. The van der Waals surface area contributed by atoms with Crippen molar-refractivity contribution in [3.05, 3.63) is 0 Å². The molecule has 0 radical (unpaired) electrons. The third-order valence-electron chi connectivity index (χ3n) is 2.12. The number of hydrogen-bond donors (Lipinski definition) is 1. The van der Waals surface area contributed by atoms with Gasteiger partial charge >= 0.3 is 7.60 Å². The van der Waals surface area contributed by atoms with Crippen molar-refractivity contribution in [2.24, 2.45) is 0 Å². The van der Waals surface area contributed by atoms with Crippen LogP contribution < -0.4 is 5.32 Å². The molecule has 5 nitrogen and oxygen atoms in total. The minimum absolute atomic E-state index is 0.224. The molecular formula is C10H20NO4P. The Bertz CT molecular complexity index is 289. The van der Waals surface area contributed by atoms with E-state index in [2.05, 4.69) is 5.32 Å². The molecule has 1 atom stereocenters. The maximum Gasteiger partial charge on any atom is 0.343 e. The fourth-order valence-corrected chi connectivity index (χ4v) is 3.98. The van der Waals surface area contributed by atoms with Gasteiger partial charge in [-0.3, -0.25) is 9.36 Å². The summed E-state index contributed by atoms with van der Waals surface area (Å²) in [6.45, 7) is 7.66. The second kappa shape index (κ2) is 5.30. The molecule has 0 aromatic rings. The lowest BCUT2D eigenvalue weighted by atomic mass is 10.4. The van der Waals surface area contributed by atoms with Gasteiger partial charge in [0.25, 0.3) is 0 Å². The van der Waals surface area contributed by atoms with E-state index in [1.54, 1.807) is 27.7 Å². The Labute approximate surface area is 96.4 Å². The highest BCUT2D eigenvalue weighted by Crippen LogP contribution is 2.57. The number of amides is 1. The molecule has 16 heavy (non-hydrogen) atoms. The van der Waals surface area contributed by atoms with Gasteiger partial charge in [-0.15, -0.1) is 0 Å². The second-order valence-electron chi connectivity index (χ2n) is 4.44. The molecule has 1 unspecified atom stereocenters. The number of nitrogens with one attached hydrogen (secondary N) is 1. The number of rotatable bonds is 5. The highest BCUT2D eigenvalue weighted by Gasteiger charge is 2.45. The Kier molecular flexibility index (Phi) is 4.53. The number of hydrogen-bond acceptors (Lipinski definition) is 4. The summed E-state index contributed by atoms with van der Waals surface area (Å²) >= 11 is 0. The smallest absolute Gasteiger partial charge is 0.343 e. The van der Waals surface area contributed by atoms with E-state index in [9.17, 15) is 9.36 Å². The van der Waals surface area contributed by atoms with Gasteiger partial charge in [-0.25, -0.2) is 0 Å². The molecule has 1 fully saturated rings. The molecule has 0 aromatic carbocycles. The van der Waals surface area contributed by atoms with Gasteiger partial charge in [0.05, 0.1) is 12.2 Å². The molecule has 1 saturated heterocycles. The van der Waals surface area contributed by atoms with Crippen LogP contribution in [0.25, 0.3) is 0 Å². The number of carbonyl (C=O) groups is 1. The third kappa shape index (κ3) is 3.30. The summed E-state index contributed by atoms with van der Waals surface area (Å²) in [6, 6.07) is 0. The molecule has 6 heteroatoms. The van der Waals surface area contributed by atoms with Gasteiger partial charge in [0, 0.05) is 6.54 Å². The first kappa shape index (κ1) is 13.7. The molecule has 0 spiro atoms. The molecule has 1 heterocycles. The zero-order chi connectivity index (χ0) is 12.3. The monoisotopic (exact) mass is 249 g/mol. The van der Waals surface area contributed by atoms with Crippen LogP contribution in [-0.4, -0.2) is 30.3 Å². The van der Waals surface area contributed by atoms with Crippen LogP contribution in [0.3, 0.4) is 0 Å². The molecule has 1 N–H and O–H groups in total. The summed E-state index contributed by atoms with van der Waals surface area (Å²) in [7, 11) is -3.35. The van der Waals surface area contributed by atoms with Crippen molar-refractivity contribution in [2.75, 3.05) is 6.54 Å². The van der Waals surface area contributed by atoms with Gasteiger partial charge in [0.15, 0.2) is 0 Å². The van der Waals surface area contributed by atoms with E-state index >= 15 is 0 Å². The normalized spacial score (nSPS) is 21.9.